The Bertz CT molecular complexity index is 1050. The predicted molar refractivity (Wildman–Crippen MR) is 103 cm³/mol. The Morgan fingerprint density at radius 1 is 1.12 bits per heavy atom. The lowest BCUT2D eigenvalue weighted by Gasteiger charge is -2.08. The van der Waals surface area contributed by atoms with E-state index < -0.39 is 9.84 Å². The fraction of sp³-hybridized carbons (Fsp3) is 0.300. The summed E-state index contributed by atoms with van der Waals surface area (Å²) in [6, 6.07) is 9.54. The molecular weight excluding hydrogens is 372 g/mol. The molecule has 138 valence electrons. The second-order valence-electron chi connectivity index (χ2n) is 6.07. The summed E-state index contributed by atoms with van der Waals surface area (Å²) in [5.41, 5.74) is 1.57. The number of halogens is 1. The van der Waals surface area contributed by atoms with Crippen molar-refractivity contribution in [3.05, 3.63) is 52.7 Å². The van der Waals surface area contributed by atoms with Gasteiger partial charge in [0.05, 0.1) is 21.9 Å². The molecule has 3 rings (SSSR count). The summed E-state index contributed by atoms with van der Waals surface area (Å²) >= 11 is 6.37. The van der Waals surface area contributed by atoms with E-state index in [-0.39, 0.29) is 9.79 Å². The number of furan rings is 1. The van der Waals surface area contributed by atoms with Crippen molar-refractivity contribution in [2.75, 3.05) is 7.11 Å². The average molecular weight is 393 g/mol. The molecule has 1 aromatic heterocycles. The first-order chi connectivity index (χ1) is 12.4. The van der Waals surface area contributed by atoms with Gasteiger partial charge in [-0.05, 0) is 43.2 Å². The summed E-state index contributed by atoms with van der Waals surface area (Å²) in [7, 11) is -2.22. The Hall–Kier alpha value is -1.98. The number of benzene rings is 2. The van der Waals surface area contributed by atoms with E-state index in [1.165, 1.54) is 19.2 Å². The average Bonchev–Trinajstić information content (AvgIpc) is 3.00. The highest BCUT2D eigenvalue weighted by Crippen LogP contribution is 2.36. The number of methoxy groups -OCH3 is 1. The van der Waals surface area contributed by atoms with Gasteiger partial charge in [0.15, 0.2) is 5.58 Å². The van der Waals surface area contributed by atoms with Crippen molar-refractivity contribution in [2.24, 2.45) is 0 Å². The van der Waals surface area contributed by atoms with Crippen LogP contribution in [0.5, 0.6) is 5.75 Å². The minimum Gasteiger partial charge on any atom is -0.497 e. The lowest BCUT2D eigenvalue weighted by molar-refractivity contribution is 0.413. The number of fused-ring (bicyclic) bond motifs is 1. The van der Waals surface area contributed by atoms with E-state index in [1.54, 1.807) is 24.3 Å². The van der Waals surface area contributed by atoms with Gasteiger partial charge in [-0.15, -0.1) is 0 Å². The molecule has 3 aromatic rings. The molecule has 0 atom stereocenters. The van der Waals surface area contributed by atoms with Gasteiger partial charge in [0.2, 0.25) is 9.84 Å². The van der Waals surface area contributed by atoms with Crippen LogP contribution in [0.15, 0.2) is 50.6 Å². The zero-order valence-corrected chi connectivity index (χ0v) is 16.6. The number of sulfone groups is 1. The molecule has 1 heterocycles. The van der Waals surface area contributed by atoms with Gasteiger partial charge in [-0.2, -0.15) is 0 Å². The summed E-state index contributed by atoms with van der Waals surface area (Å²) in [6.45, 7) is 4.10. The molecule has 0 fully saturated rings. The van der Waals surface area contributed by atoms with Gasteiger partial charge < -0.3 is 9.15 Å². The molecule has 0 aliphatic rings. The number of rotatable bonds is 6. The molecule has 0 unspecified atom stereocenters. The third-order valence-corrected chi connectivity index (χ3v) is 6.41. The molecule has 2 aromatic carbocycles. The zero-order chi connectivity index (χ0) is 18.9. The van der Waals surface area contributed by atoms with Crippen LogP contribution in [-0.2, 0) is 22.7 Å². The van der Waals surface area contributed by atoms with E-state index in [0.29, 0.717) is 16.4 Å². The summed E-state index contributed by atoms with van der Waals surface area (Å²) in [5.74, 6) is 1.36. The van der Waals surface area contributed by atoms with Crippen LogP contribution in [0.2, 0.25) is 5.02 Å². The summed E-state index contributed by atoms with van der Waals surface area (Å²) in [6.07, 6.45) is 2.49. The maximum absolute atomic E-state index is 13.1. The number of hydrogen-bond donors (Lipinski definition) is 0. The fourth-order valence-corrected chi connectivity index (χ4v) is 4.78. The monoisotopic (exact) mass is 392 g/mol. The summed E-state index contributed by atoms with van der Waals surface area (Å²) in [5, 5.41) is 1.07. The first-order valence-electron chi connectivity index (χ1n) is 8.55. The smallest absolute Gasteiger partial charge is 0.206 e. The van der Waals surface area contributed by atoms with Gasteiger partial charge in [0.1, 0.15) is 11.5 Å². The molecule has 0 radical (unpaired) electrons. The van der Waals surface area contributed by atoms with Crippen molar-refractivity contribution in [1.82, 2.24) is 0 Å². The molecule has 0 saturated carbocycles. The summed E-state index contributed by atoms with van der Waals surface area (Å²) < 4.78 is 37.2. The van der Waals surface area contributed by atoms with Crippen molar-refractivity contribution < 1.29 is 17.6 Å². The van der Waals surface area contributed by atoms with Crippen molar-refractivity contribution in [2.45, 2.75) is 42.9 Å². The van der Waals surface area contributed by atoms with Crippen LogP contribution in [0.1, 0.15) is 31.6 Å². The maximum atomic E-state index is 13.1. The molecule has 0 aliphatic heterocycles. The SMILES string of the molecule is CCCc1oc2c(Cl)cc(S(=O)(=O)c3cccc(OC)c3)cc2c1CC. The number of hydrogen-bond acceptors (Lipinski definition) is 4. The Labute approximate surface area is 158 Å². The number of ether oxygens (including phenoxy) is 1. The largest absolute Gasteiger partial charge is 0.497 e. The van der Waals surface area contributed by atoms with Crippen LogP contribution in [0, 0.1) is 0 Å². The topological polar surface area (TPSA) is 56.5 Å². The van der Waals surface area contributed by atoms with E-state index in [4.69, 9.17) is 20.8 Å². The van der Waals surface area contributed by atoms with Gasteiger partial charge >= 0.3 is 0 Å². The van der Waals surface area contributed by atoms with E-state index in [9.17, 15) is 8.42 Å². The second-order valence-corrected chi connectivity index (χ2v) is 8.43. The molecule has 4 nitrogen and oxygen atoms in total. The first-order valence-corrected chi connectivity index (χ1v) is 10.4. The second kappa shape index (κ2) is 7.33. The van der Waals surface area contributed by atoms with Gasteiger partial charge in [-0.1, -0.05) is 31.5 Å². The van der Waals surface area contributed by atoms with Gasteiger partial charge in [0, 0.05) is 17.4 Å². The molecule has 0 N–H and O–H groups in total. The fourth-order valence-electron chi connectivity index (χ4n) is 3.11. The van der Waals surface area contributed by atoms with Crippen molar-refractivity contribution >= 4 is 32.4 Å². The van der Waals surface area contributed by atoms with Crippen molar-refractivity contribution in [3.8, 4) is 5.75 Å². The predicted octanol–water partition coefficient (Wildman–Crippen LogP) is 5.44. The lowest BCUT2D eigenvalue weighted by Crippen LogP contribution is -2.02. The van der Waals surface area contributed by atoms with Gasteiger partial charge in [-0.3, -0.25) is 0 Å². The first kappa shape index (κ1) is 18.8. The summed E-state index contributed by atoms with van der Waals surface area (Å²) in [4.78, 5) is 0.324. The van der Waals surface area contributed by atoms with Crippen molar-refractivity contribution in [3.63, 3.8) is 0 Å². The minimum absolute atomic E-state index is 0.154. The van der Waals surface area contributed by atoms with Crippen LogP contribution >= 0.6 is 11.6 Å². The van der Waals surface area contributed by atoms with E-state index in [2.05, 4.69) is 6.92 Å². The number of aryl methyl sites for hydroxylation is 2. The third kappa shape index (κ3) is 3.21. The van der Waals surface area contributed by atoms with Crippen LogP contribution in [0.4, 0.5) is 0 Å². The molecule has 0 bridgehead atoms. The molecule has 0 amide bonds. The molecular formula is C20H21ClO4S. The Balaban J connectivity index is 2.21. The highest BCUT2D eigenvalue weighted by molar-refractivity contribution is 7.91. The Morgan fingerprint density at radius 3 is 2.54 bits per heavy atom. The molecule has 0 aliphatic carbocycles. The van der Waals surface area contributed by atoms with E-state index >= 15 is 0 Å². The van der Waals surface area contributed by atoms with Gasteiger partial charge in [0.25, 0.3) is 0 Å². The Morgan fingerprint density at radius 2 is 1.88 bits per heavy atom. The third-order valence-electron chi connectivity index (χ3n) is 4.40. The normalized spacial score (nSPS) is 11.8. The molecule has 0 spiro atoms. The zero-order valence-electron chi connectivity index (χ0n) is 15.0. The van der Waals surface area contributed by atoms with Crippen LogP contribution in [0.3, 0.4) is 0 Å². The highest BCUT2D eigenvalue weighted by atomic mass is 35.5. The standard InChI is InChI=1S/C20H21ClO4S/c1-4-7-19-16(5-2)17-11-15(12-18(21)20(17)25-19)26(22,23)14-9-6-8-13(10-14)24-3/h6,8-12H,4-5,7H2,1-3H3. The highest BCUT2D eigenvalue weighted by Gasteiger charge is 2.23. The van der Waals surface area contributed by atoms with Crippen molar-refractivity contribution in [1.29, 1.82) is 0 Å². The minimum atomic E-state index is -3.72. The molecule has 26 heavy (non-hydrogen) atoms. The van der Waals surface area contributed by atoms with Crippen LogP contribution < -0.4 is 4.74 Å². The van der Waals surface area contributed by atoms with Crippen LogP contribution in [-0.4, -0.2) is 15.5 Å². The lowest BCUT2D eigenvalue weighted by atomic mass is 10.1. The van der Waals surface area contributed by atoms with Crippen LogP contribution in [0.25, 0.3) is 11.0 Å². The van der Waals surface area contributed by atoms with Gasteiger partial charge in [-0.25, -0.2) is 8.42 Å². The van der Waals surface area contributed by atoms with E-state index in [1.807, 2.05) is 6.92 Å². The van der Waals surface area contributed by atoms with E-state index in [0.717, 1.165) is 36.0 Å². The molecule has 0 saturated heterocycles. The maximum Gasteiger partial charge on any atom is 0.206 e. The Kier molecular flexibility index (Phi) is 5.30. The molecule has 6 heteroatoms. The quantitative estimate of drug-likeness (QED) is 0.560.